The summed E-state index contributed by atoms with van der Waals surface area (Å²) < 4.78 is 39.9. The topological polar surface area (TPSA) is 75.3 Å². The van der Waals surface area contributed by atoms with Crippen molar-refractivity contribution >= 4 is 23.2 Å². The average molecular weight is 483 g/mol. The molecule has 33 heavy (non-hydrogen) atoms. The first-order valence-corrected chi connectivity index (χ1v) is 12.0. The molecule has 0 aromatic heterocycles. The minimum Gasteiger partial charge on any atom is -0.398 e. The summed E-state index contributed by atoms with van der Waals surface area (Å²) >= 11 is 6.53. The Balaban J connectivity index is 1.43. The van der Waals surface area contributed by atoms with E-state index in [-0.39, 0.29) is 42.5 Å². The van der Waals surface area contributed by atoms with Gasteiger partial charge in [-0.05, 0) is 86.5 Å². The molecule has 0 radical (unpaired) electrons. The van der Waals surface area contributed by atoms with Crippen molar-refractivity contribution in [2.45, 2.75) is 69.5 Å². The first-order valence-electron chi connectivity index (χ1n) is 11.7. The minimum atomic E-state index is -4.33. The normalized spacial score (nSPS) is 27.5. The van der Waals surface area contributed by atoms with Crippen LogP contribution in [-0.4, -0.2) is 29.8 Å². The standard InChI is InChI=1S/C25H30ClF3N2O2/c26-20-8-5-16-12-18(25(27,28)29)13-21(30)23(16)22(20)15-3-6-19(7-4-15)31-24(33)17-2-1-14(11-17)9-10-32/h5,8,11,13-15,18-19,32H,1-4,6-7,9-10,12,30H2,(H,31,33). The number of hydrogen-bond donors (Lipinski definition) is 3. The number of alkyl halides is 3. The number of halogens is 4. The summed E-state index contributed by atoms with van der Waals surface area (Å²) in [7, 11) is 0. The van der Waals surface area contributed by atoms with Gasteiger partial charge in [0.25, 0.3) is 0 Å². The maximum Gasteiger partial charge on any atom is 0.395 e. The van der Waals surface area contributed by atoms with Gasteiger partial charge in [0.2, 0.25) is 5.91 Å². The lowest BCUT2D eigenvalue weighted by molar-refractivity contribution is -0.160. The number of rotatable bonds is 5. The predicted molar refractivity (Wildman–Crippen MR) is 123 cm³/mol. The first-order chi connectivity index (χ1) is 15.7. The van der Waals surface area contributed by atoms with E-state index in [2.05, 4.69) is 5.32 Å². The molecule has 4 N–H and O–H groups in total. The molecule has 1 amide bonds. The van der Waals surface area contributed by atoms with E-state index in [1.54, 1.807) is 12.1 Å². The van der Waals surface area contributed by atoms with Gasteiger partial charge in [0.05, 0.1) is 5.92 Å². The third-order valence-corrected chi connectivity index (χ3v) is 7.62. The molecule has 1 aromatic carbocycles. The summed E-state index contributed by atoms with van der Waals surface area (Å²) in [5, 5.41) is 12.8. The maximum atomic E-state index is 13.3. The Morgan fingerprint density at radius 2 is 1.88 bits per heavy atom. The van der Waals surface area contributed by atoms with Crippen LogP contribution in [0.5, 0.6) is 0 Å². The number of fused-ring (bicyclic) bond motifs is 1. The monoisotopic (exact) mass is 482 g/mol. The number of aliphatic hydroxyl groups is 1. The van der Waals surface area contributed by atoms with Gasteiger partial charge < -0.3 is 16.2 Å². The Bertz CT molecular complexity index is 965. The van der Waals surface area contributed by atoms with Crippen molar-refractivity contribution in [2.75, 3.05) is 6.61 Å². The molecule has 0 heterocycles. The second-order valence-electron chi connectivity index (χ2n) is 9.49. The predicted octanol–water partition coefficient (Wildman–Crippen LogP) is 5.24. The van der Waals surface area contributed by atoms with E-state index >= 15 is 0 Å². The van der Waals surface area contributed by atoms with Gasteiger partial charge in [-0.25, -0.2) is 0 Å². The van der Waals surface area contributed by atoms with E-state index in [0.29, 0.717) is 22.6 Å². The van der Waals surface area contributed by atoms with Gasteiger partial charge in [0, 0.05) is 34.5 Å². The summed E-state index contributed by atoms with van der Waals surface area (Å²) in [6.07, 6.45) is 4.09. The quantitative estimate of drug-likeness (QED) is 0.537. The fourth-order valence-electron chi connectivity index (χ4n) is 5.53. The number of allylic oxidation sites excluding steroid dienone is 2. The number of carbonyl (C=O) groups is 1. The van der Waals surface area contributed by atoms with Gasteiger partial charge in [-0.15, -0.1) is 0 Å². The van der Waals surface area contributed by atoms with Gasteiger partial charge in [0.15, 0.2) is 0 Å². The molecule has 2 atom stereocenters. The molecule has 4 nitrogen and oxygen atoms in total. The number of benzene rings is 1. The van der Waals surface area contributed by atoms with E-state index in [4.69, 9.17) is 22.4 Å². The zero-order valence-electron chi connectivity index (χ0n) is 18.4. The van der Waals surface area contributed by atoms with Gasteiger partial charge in [-0.1, -0.05) is 23.7 Å². The highest BCUT2D eigenvalue weighted by Gasteiger charge is 2.41. The summed E-state index contributed by atoms with van der Waals surface area (Å²) in [6, 6.07) is 3.41. The highest BCUT2D eigenvalue weighted by Crippen LogP contribution is 2.45. The first kappa shape index (κ1) is 24.1. The molecule has 1 aromatic rings. The zero-order valence-corrected chi connectivity index (χ0v) is 19.2. The minimum absolute atomic E-state index is 0.0283. The second kappa shape index (κ2) is 9.71. The van der Waals surface area contributed by atoms with E-state index in [1.807, 2.05) is 6.08 Å². The maximum absolute atomic E-state index is 13.3. The molecular weight excluding hydrogens is 453 g/mol. The number of nitrogens with two attached hydrogens (primary N) is 1. The van der Waals surface area contributed by atoms with Crippen molar-refractivity contribution in [3.05, 3.63) is 51.6 Å². The molecule has 4 rings (SSSR count). The molecule has 1 fully saturated rings. The Hall–Kier alpha value is -1.99. The lowest BCUT2D eigenvalue weighted by Gasteiger charge is -2.33. The van der Waals surface area contributed by atoms with E-state index in [9.17, 15) is 18.0 Å². The van der Waals surface area contributed by atoms with Crippen molar-refractivity contribution in [3.63, 3.8) is 0 Å². The van der Waals surface area contributed by atoms with Crippen LogP contribution in [-0.2, 0) is 11.2 Å². The largest absolute Gasteiger partial charge is 0.398 e. The molecule has 3 aliphatic rings. The summed E-state index contributed by atoms with van der Waals surface area (Å²) in [5.74, 6) is -1.24. The van der Waals surface area contributed by atoms with Crippen LogP contribution in [0.1, 0.15) is 67.6 Å². The smallest absolute Gasteiger partial charge is 0.395 e. The van der Waals surface area contributed by atoms with Crippen LogP contribution in [0.15, 0.2) is 29.9 Å². The number of amides is 1. The third-order valence-electron chi connectivity index (χ3n) is 7.29. The molecule has 1 saturated carbocycles. The Labute approximate surface area is 197 Å². The molecule has 8 heteroatoms. The van der Waals surface area contributed by atoms with Gasteiger partial charge in [-0.3, -0.25) is 4.79 Å². The van der Waals surface area contributed by atoms with Crippen LogP contribution in [0.25, 0.3) is 5.70 Å². The van der Waals surface area contributed by atoms with Crippen LogP contribution < -0.4 is 11.1 Å². The van der Waals surface area contributed by atoms with E-state index in [0.717, 1.165) is 55.7 Å². The molecule has 0 saturated heterocycles. The van der Waals surface area contributed by atoms with Crippen molar-refractivity contribution in [1.82, 2.24) is 5.32 Å². The van der Waals surface area contributed by atoms with Crippen LogP contribution in [0, 0.1) is 11.8 Å². The van der Waals surface area contributed by atoms with Crippen molar-refractivity contribution in [3.8, 4) is 0 Å². The van der Waals surface area contributed by atoms with Gasteiger partial charge >= 0.3 is 6.18 Å². The summed E-state index contributed by atoms with van der Waals surface area (Å²) in [4.78, 5) is 12.6. The lowest BCUT2D eigenvalue weighted by atomic mass is 9.76. The van der Waals surface area contributed by atoms with Crippen molar-refractivity contribution in [1.29, 1.82) is 0 Å². The number of nitrogens with one attached hydrogen (secondary N) is 1. The van der Waals surface area contributed by atoms with Gasteiger partial charge in [0.1, 0.15) is 0 Å². The number of aliphatic hydroxyl groups excluding tert-OH is 1. The molecule has 0 bridgehead atoms. The van der Waals surface area contributed by atoms with E-state index in [1.165, 1.54) is 0 Å². The summed E-state index contributed by atoms with van der Waals surface area (Å²) in [6.45, 7) is 0.127. The zero-order chi connectivity index (χ0) is 23.8. The Kier molecular flexibility index (Phi) is 7.10. The molecule has 3 aliphatic carbocycles. The second-order valence-corrected chi connectivity index (χ2v) is 9.90. The van der Waals surface area contributed by atoms with Gasteiger partial charge in [-0.2, -0.15) is 13.2 Å². The molecular formula is C25H30ClF3N2O2. The van der Waals surface area contributed by atoms with E-state index < -0.39 is 12.1 Å². The molecule has 2 unspecified atom stereocenters. The Morgan fingerprint density at radius 1 is 1.15 bits per heavy atom. The fraction of sp³-hybridized carbons (Fsp3) is 0.560. The molecule has 180 valence electrons. The number of hydrogen-bond acceptors (Lipinski definition) is 3. The van der Waals surface area contributed by atoms with Crippen LogP contribution in [0.2, 0.25) is 5.02 Å². The van der Waals surface area contributed by atoms with Crippen LogP contribution in [0.3, 0.4) is 0 Å². The summed E-state index contributed by atoms with van der Waals surface area (Å²) in [5.41, 5.74) is 9.19. The lowest BCUT2D eigenvalue weighted by Crippen LogP contribution is -2.38. The van der Waals surface area contributed by atoms with Crippen molar-refractivity contribution in [2.24, 2.45) is 17.6 Å². The highest BCUT2D eigenvalue weighted by molar-refractivity contribution is 6.31. The molecule has 0 aliphatic heterocycles. The van der Waals surface area contributed by atoms with Crippen LogP contribution >= 0.6 is 11.6 Å². The fourth-order valence-corrected chi connectivity index (χ4v) is 5.85. The van der Waals surface area contributed by atoms with Crippen molar-refractivity contribution < 1.29 is 23.1 Å². The van der Waals surface area contributed by atoms with Crippen LogP contribution in [0.4, 0.5) is 13.2 Å². The highest BCUT2D eigenvalue weighted by atomic mass is 35.5. The average Bonchev–Trinajstić information content (AvgIpc) is 3.23. The third kappa shape index (κ3) is 5.24. The SMILES string of the molecule is NC1=CC(C(F)(F)F)Cc2ccc(Cl)c(C3CCC(NC(=O)C4=CC(CCO)CC4)CC3)c21. The number of carbonyl (C=O) groups excluding carboxylic acids is 1. The Morgan fingerprint density at radius 3 is 2.55 bits per heavy atom. The molecule has 0 spiro atoms.